The smallest absolute Gasteiger partial charge is 0.225 e. The molecule has 0 bridgehead atoms. The van der Waals surface area contributed by atoms with Crippen LogP contribution in [0.25, 0.3) is 0 Å². The highest BCUT2D eigenvalue weighted by molar-refractivity contribution is 5.46. The predicted octanol–water partition coefficient (Wildman–Crippen LogP) is 1.82. The largest absolute Gasteiger partial charge is 0.398 e. The van der Waals surface area contributed by atoms with Crippen LogP contribution in [0.5, 0.6) is 0 Å². The summed E-state index contributed by atoms with van der Waals surface area (Å²) in [7, 11) is 0. The molecule has 3 N–H and O–H groups in total. The van der Waals surface area contributed by atoms with Gasteiger partial charge >= 0.3 is 0 Å². The molecule has 2 aromatic rings. The average molecular weight is 283 g/mol. The van der Waals surface area contributed by atoms with Gasteiger partial charge in [0.2, 0.25) is 5.95 Å². The SMILES string of the molecule is Nc1ccccc1CNC1CCN(c2ncccn2)CC1. The van der Waals surface area contributed by atoms with Gasteiger partial charge in [-0.05, 0) is 30.5 Å². The first kappa shape index (κ1) is 13.8. The molecule has 1 aromatic heterocycles. The number of nitrogens with one attached hydrogen (secondary N) is 1. The second-order valence-corrected chi connectivity index (χ2v) is 5.39. The number of aromatic nitrogens is 2. The normalized spacial score (nSPS) is 16.1. The molecule has 0 aliphatic carbocycles. The van der Waals surface area contributed by atoms with Crippen LogP contribution in [0.1, 0.15) is 18.4 Å². The highest BCUT2D eigenvalue weighted by atomic mass is 15.3. The Labute approximate surface area is 125 Å². The molecular weight excluding hydrogens is 262 g/mol. The lowest BCUT2D eigenvalue weighted by atomic mass is 10.0. The number of rotatable bonds is 4. The minimum atomic E-state index is 0.532. The number of nitrogens with zero attached hydrogens (tertiary/aromatic N) is 3. The molecule has 2 heterocycles. The fourth-order valence-corrected chi connectivity index (χ4v) is 2.69. The van der Waals surface area contributed by atoms with Crippen molar-refractivity contribution in [3.8, 4) is 0 Å². The lowest BCUT2D eigenvalue weighted by Gasteiger charge is -2.32. The van der Waals surface area contributed by atoms with Crippen LogP contribution in [-0.4, -0.2) is 29.1 Å². The van der Waals surface area contributed by atoms with Gasteiger partial charge in [0.15, 0.2) is 0 Å². The second kappa shape index (κ2) is 6.54. The van der Waals surface area contributed by atoms with Crippen LogP contribution in [0.4, 0.5) is 11.6 Å². The number of anilines is 2. The number of nitrogens with two attached hydrogens (primary N) is 1. The predicted molar refractivity (Wildman–Crippen MR) is 85.0 cm³/mol. The summed E-state index contributed by atoms with van der Waals surface area (Å²) in [6.07, 6.45) is 5.80. The maximum Gasteiger partial charge on any atom is 0.225 e. The Morgan fingerprint density at radius 2 is 1.81 bits per heavy atom. The maximum absolute atomic E-state index is 5.97. The molecule has 0 unspecified atom stereocenters. The number of nitrogen functional groups attached to an aromatic ring is 1. The topological polar surface area (TPSA) is 67.1 Å². The summed E-state index contributed by atoms with van der Waals surface area (Å²) in [5.41, 5.74) is 8.00. The van der Waals surface area contributed by atoms with E-state index in [1.165, 1.54) is 5.56 Å². The van der Waals surface area contributed by atoms with Crippen molar-refractivity contribution in [2.75, 3.05) is 23.7 Å². The molecule has 0 amide bonds. The van der Waals surface area contributed by atoms with Crippen molar-refractivity contribution in [1.29, 1.82) is 0 Å². The molecule has 1 aliphatic rings. The number of piperidine rings is 1. The minimum Gasteiger partial charge on any atom is -0.398 e. The molecule has 1 fully saturated rings. The molecule has 0 spiro atoms. The first-order valence-corrected chi connectivity index (χ1v) is 7.41. The summed E-state index contributed by atoms with van der Waals surface area (Å²) < 4.78 is 0. The number of benzene rings is 1. The van der Waals surface area contributed by atoms with Gasteiger partial charge in [-0.1, -0.05) is 18.2 Å². The lowest BCUT2D eigenvalue weighted by Crippen LogP contribution is -2.42. The van der Waals surface area contributed by atoms with Crippen molar-refractivity contribution in [3.05, 3.63) is 48.3 Å². The van der Waals surface area contributed by atoms with Gasteiger partial charge in [0.25, 0.3) is 0 Å². The molecule has 1 aliphatic heterocycles. The van der Waals surface area contributed by atoms with Gasteiger partial charge in [0.05, 0.1) is 0 Å². The fourth-order valence-electron chi connectivity index (χ4n) is 2.69. The van der Waals surface area contributed by atoms with Crippen LogP contribution in [0.15, 0.2) is 42.7 Å². The summed E-state index contributed by atoms with van der Waals surface area (Å²) in [6.45, 7) is 2.82. The summed E-state index contributed by atoms with van der Waals surface area (Å²) in [4.78, 5) is 10.9. The van der Waals surface area contributed by atoms with E-state index in [9.17, 15) is 0 Å². The molecule has 0 saturated carbocycles. The summed E-state index contributed by atoms with van der Waals surface area (Å²) in [5, 5.41) is 3.60. The third kappa shape index (κ3) is 3.49. The molecule has 0 radical (unpaired) electrons. The Hall–Kier alpha value is -2.14. The molecule has 5 heteroatoms. The van der Waals surface area contributed by atoms with Crippen LogP contribution in [-0.2, 0) is 6.54 Å². The van der Waals surface area contributed by atoms with Gasteiger partial charge in [-0.25, -0.2) is 9.97 Å². The van der Waals surface area contributed by atoms with Crippen molar-refractivity contribution in [2.45, 2.75) is 25.4 Å². The van der Waals surface area contributed by atoms with E-state index in [-0.39, 0.29) is 0 Å². The molecular formula is C16H21N5. The van der Waals surface area contributed by atoms with Gasteiger partial charge in [-0.2, -0.15) is 0 Å². The molecule has 0 atom stereocenters. The Bertz CT molecular complexity index is 564. The van der Waals surface area contributed by atoms with Crippen LogP contribution in [0.3, 0.4) is 0 Å². The van der Waals surface area contributed by atoms with E-state index >= 15 is 0 Å². The second-order valence-electron chi connectivity index (χ2n) is 5.39. The fraction of sp³-hybridized carbons (Fsp3) is 0.375. The van der Waals surface area contributed by atoms with Gasteiger partial charge in [0, 0.05) is 43.8 Å². The van der Waals surface area contributed by atoms with Crippen molar-refractivity contribution >= 4 is 11.6 Å². The molecule has 110 valence electrons. The number of hydrogen-bond donors (Lipinski definition) is 2. The average Bonchev–Trinajstić information content (AvgIpc) is 2.55. The Kier molecular flexibility index (Phi) is 4.31. The Morgan fingerprint density at radius 1 is 1.10 bits per heavy atom. The van der Waals surface area contributed by atoms with E-state index in [0.29, 0.717) is 6.04 Å². The first-order valence-electron chi connectivity index (χ1n) is 7.41. The monoisotopic (exact) mass is 283 g/mol. The highest BCUT2D eigenvalue weighted by Crippen LogP contribution is 2.16. The summed E-state index contributed by atoms with van der Waals surface area (Å²) >= 11 is 0. The third-order valence-corrected chi connectivity index (χ3v) is 3.97. The van der Waals surface area contributed by atoms with Crippen molar-refractivity contribution in [1.82, 2.24) is 15.3 Å². The number of hydrogen-bond acceptors (Lipinski definition) is 5. The minimum absolute atomic E-state index is 0.532. The molecule has 3 rings (SSSR count). The zero-order chi connectivity index (χ0) is 14.5. The van der Waals surface area contributed by atoms with Gasteiger partial charge in [0.1, 0.15) is 0 Å². The van der Waals surface area contributed by atoms with Gasteiger partial charge < -0.3 is 16.0 Å². The highest BCUT2D eigenvalue weighted by Gasteiger charge is 2.20. The molecule has 1 saturated heterocycles. The molecule has 1 aromatic carbocycles. The standard InChI is InChI=1S/C16H21N5/c17-15-5-2-1-4-13(15)12-20-14-6-10-21(11-7-14)16-18-8-3-9-19-16/h1-5,8-9,14,20H,6-7,10-12,17H2. The summed E-state index contributed by atoms with van der Waals surface area (Å²) in [5.74, 6) is 0.836. The molecule has 5 nitrogen and oxygen atoms in total. The van der Waals surface area contributed by atoms with Crippen LogP contribution in [0.2, 0.25) is 0 Å². The van der Waals surface area contributed by atoms with Gasteiger partial charge in [-0.3, -0.25) is 0 Å². The molecule has 21 heavy (non-hydrogen) atoms. The lowest BCUT2D eigenvalue weighted by molar-refractivity contribution is 0.411. The van der Waals surface area contributed by atoms with Crippen LogP contribution in [0, 0.1) is 0 Å². The zero-order valence-electron chi connectivity index (χ0n) is 12.1. The van der Waals surface area contributed by atoms with Crippen molar-refractivity contribution in [3.63, 3.8) is 0 Å². The Morgan fingerprint density at radius 3 is 2.52 bits per heavy atom. The zero-order valence-corrected chi connectivity index (χ0v) is 12.1. The van der Waals surface area contributed by atoms with E-state index in [1.54, 1.807) is 12.4 Å². The van der Waals surface area contributed by atoms with E-state index in [4.69, 9.17) is 5.73 Å². The third-order valence-electron chi connectivity index (χ3n) is 3.97. The van der Waals surface area contributed by atoms with E-state index < -0.39 is 0 Å². The van der Waals surface area contributed by atoms with E-state index in [0.717, 1.165) is 44.1 Å². The van der Waals surface area contributed by atoms with E-state index in [1.807, 2.05) is 24.3 Å². The van der Waals surface area contributed by atoms with Crippen LogP contribution >= 0.6 is 0 Å². The van der Waals surface area contributed by atoms with Crippen LogP contribution < -0.4 is 16.0 Å². The Balaban J connectivity index is 1.49. The number of para-hydroxylation sites is 1. The van der Waals surface area contributed by atoms with Gasteiger partial charge in [-0.15, -0.1) is 0 Å². The van der Waals surface area contributed by atoms with Crippen molar-refractivity contribution in [2.24, 2.45) is 0 Å². The summed E-state index contributed by atoms with van der Waals surface area (Å²) in [6, 6.07) is 10.4. The maximum atomic E-state index is 5.97. The van der Waals surface area contributed by atoms with Crippen molar-refractivity contribution < 1.29 is 0 Å². The van der Waals surface area contributed by atoms with E-state index in [2.05, 4.69) is 26.3 Å². The first-order chi connectivity index (χ1) is 10.3. The quantitative estimate of drug-likeness (QED) is 0.838.